The van der Waals surface area contributed by atoms with Crippen LogP contribution in [0.2, 0.25) is 0 Å². The minimum absolute atomic E-state index is 0.0192. The van der Waals surface area contributed by atoms with Crippen LogP contribution in [0.4, 0.5) is 0 Å². The van der Waals surface area contributed by atoms with E-state index in [4.69, 9.17) is 25.6 Å². The van der Waals surface area contributed by atoms with Crippen LogP contribution in [0.3, 0.4) is 0 Å². The van der Waals surface area contributed by atoms with Crippen LogP contribution < -0.4 is 0 Å². The Morgan fingerprint density at radius 1 is 0.932 bits per heavy atom. The smallest absolute Gasteiger partial charge is 0.333 e. The molecule has 1 aliphatic heterocycles. The highest BCUT2D eigenvalue weighted by atomic mass is 33.1. The van der Waals surface area contributed by atoms with Crippen molar-refractivity contribution in [3.05, 3.63) is 0 Å². The van der Waals surface area contributed by atoms with Gasteiger partial charge in [0, 0.05) is 26.3 Å². The lowest BCUT2D eigenvalue weighted by Gasteiger charge is -2.24. The molecule has 0 aliphatic carbocycles. The first kappa shape index (κ1) is 43.5. The maximum atomic E-state index is 11.8. The summed E-state index contributed by atoms with van der Waals surface area (Å²) >= 11 is 0. The zero-order valence-corrected chi connectivity index (χ0v) is 29.5. The summed E-state index contributed by atoms with van der Waals surface area (Å²) in [5, 5.41) is 35.6. The number of amides is 3. The van der Waals surface area contributed by atoms with Crippen molar-refractivity contribution in [1.29, 1.82) is 10.5 Å². The molecule has 1 saturated heterocycles. The molecule has 4 atom stereocenters. The number of aliphatic carboxylic acids is 2. The van der Waals surface area contributed by atoms with Crippen LogP contribution in [0.5, 0.6) is 0 Å². The number of hydrogen-bond donors (Lipinski definition) is 2. The SMILES string of the molecule is CC[C@@H](C)C(=O)O.CSSC(C)(C#N)CCC(=O)N(C)[C@@H](C)C(=O)O.CSSC(C)(C#N)CCC(=O)ON1C(=O)CCC1=O. The molecule has 0 bridgehead atoms. The zero-order chi connectivity index (χ0) is 34.7. The van der Waals surface area contributed by atoms with Gasteiger partial charge in [0.25, 0.3) is 11.8 Å². The molecule has 17 heteroatoms. The predicted molar refractivity (Wildman–Crippen MR) is 173 cm³/mol. The molecule has 2 N–H and O–H groups in total. The molecule has 1 heterocycles. The van der Waals surface area contributed by atoms with E-state index in [0.29, 0.717) is 17.9 Å². The van der Waals surface area contributed by atoms with Crippen LogP contribution in [0.15, 0.2) is 0 Å². The summed E-state index contributed by atoms with van der Waals surface area (Å²) < 4.78 is -1.32. The summed E-state index contributed by atoms with van der Waals surface area (Å²) in [6, 6.07) is 3.47. The summed E-state index contributed by atoms with van der Waals surface area (Å²) in [7, 11) is 7.17. The fourth-order valence-corrected chi connectivity index (χ4v) is 6.94. The van der Waals surface area contributed by atoms with E-state index < -0.39 is 45.3 Å². The molecule has 0 aromatic rings. The van der Waals surface area contributed by atoms with Gasteiger partial charge >= 0.3 is 17.9 Å². The van der Waals surface area contributed by atoms with Crippen molar-refractivity contribution in [3.63, 3.8) is 0 Å². The average molecular weight is 695 g/mol. The fraction of sp³-hybridized carbons (Fsp3) is 0.704. The minimum atomic E-state index is -1.03. The average Bonchev–Trinajstić information content (AvgIpc) is 3.30. The van der Waals surface area contributed by atoms with Gasteiger partial charge in [-0.3, -0.25) is 19.2 Å². The van der Waals surface area contributed by atoms with Crippen LogP contribution in [0, 0.1) is 28.6 Å². The molecule has 13 nitrogen and oxygen atoms in total. The van der Waals surface area contributed by atoms with Gasteiger partial charge in [-0.2, -0.15) is 10.5 Å². The summed E-state index contributed by atoms with van der Waals surface area (Å²) in [5.74, 6) is -3.85. The number of rotatable bonds is 15. The standard InChI is InChI=1S/C11H14N2O4S2.C11H18N2O3S2.C5H10O2/c1-11(7-12,19-18-2)6-5-10(16)17-13-8(14)3-4-9(13)15;1-8(10(15)16)13(3)9(14)5-6-11(2,7-12)18-17-4;1-3-4(2)5(6)7/h3-6H2,1-2H3;8H,5-6H2,1-4H3,(H,15,16);4H,3H2,1-2H3,(H,6,7)/t;8-,11?;4-/m.01/s1. The number of carboxylic acids is 2. The highest BCUT2D eigenvalue weighted by molar-refractivity contribution is 8.77. The molecule has 2 unspecified atom stereocenters. The zero-order valence-electron chi connectivity index (χ0n) is 26.3. The molecule has 3 amide bonds. The number of carbonyl (C=O) groups excluding carboxylic acids is 4. The second-order valence-electron chi connectivity index (χ2n) is 9.90. The van der Waals surface area contributed by atoms with Gasteiger partial charge in [-0.1, -0.05) is 57.0 Å². The second kappa shape index (κ2) is 22.0. The lowest BCUT2D eigenvalue weighted by molar-refractivity contribution is -0.197. The fourth-order valence-electron chi connectivity index (χ4n) is 2.82. The van der Waals surface area contributed by atoms with Gasteiger partial charge in [-0.15, -0.1) is 5.06 Å². The first-order valence-corrected chi connectivity index (χ1v) is 18.5. The lowest BCUT2D eigenvalue weighted by atomic mass is 10.1. The summed E-state index contributed by atoms with van der Waals surface area (Å²) in [6.45, 7) is 8.52. The van der Waals surface area contributed by atoms with E-state index >= 15 is 0 Å². The Kier molecular flexibility index (Phi) is 21.8. The van der Waals surface area contributed by atoms with Gasteiger partial charge < -0.3 is 20.0 Å². The lowest BCUT2D eigenvalue weighted by Crippen LogP contribution is -2.40. The molecular formula is C27H42N4O9S4. The topological polar surface area (TPSA) is 206 Å². The van der Waals surface area contributed by atoms with Gasteiger partial charge in [-0.25, -0.2) is 9.59 Å². The van der Waals surface area contributed by atoms with Crippen LogP contribution in [0.1, 0.15) is 79.6 Å². The molecule has 1 aliphatic rings. The van der Waals surface area contributed by atoms with Crippen molar-refractivity contribution in [1.82, 2.24) is 9.96 Å². The van der Waals surface area contributed by atoms with Crippen molar-refractivity contribution >= 4 is 78.8 Å². The molecule has 1 fully saturated rings. The Hall–Kier alpha value is -2.60. The van der Waals surface area contributed by atoms with E-state index in [-0.39, 0.29) is 37.5 Å². The van der Waals surface area contributed by atoms with Crippen LogP contribution in [0.25, 0.3) is 0 Å². The maximum absolute atomic E-state index is 11.8. The summed E-state index contributed by atoms with van der Waals surface area (Å²) in [4.78, 5) is 72.5. The Balaban J connectivity index is 0. The van der Waals surface area contributed by atoms with Gasteiger partial charge in [0.2, 0.25) is 5.91 Å². The Bertz CT molecular complexity index is 1080. The van der Waals surface area contributed by atoms with E-state index in [0.717, 1.165) is 6.42 Å². The van der Waals surface area contributed by atoms with Crippen molar-refractivity contribution in [2.45, 2.75) is 95.1 Å². The number of imide groups is 1. The molecule has 0 aromatic carbocycles. The summed E-state index contributed by atoms with van der Waals surface area (Å²) in [6.07, 6.45) is 5.44. The summed E-state index contributed by atoms with van der Waals surface area (Å²) in [5.41, 5.74) is 0. The molecule has 0 radical (unpaired) electrons. The normalized spacial score (nSPS) is 16.2. The van der Waals surface area contributed by atoms with E-state index in [1.54, 1.807) is 20.8 Å². The number of carboxylic acid groups (broad SMARTS) is 2. The molecule has 0 spiro atoms. The number of hydroxylamine groups is 2. The van der Waals surface area contributed by atoms with Gasteiger partial charge in [0.15, 0.2) is 0 Å². The van der Waals surface area contributed by atoms with E-state index in [9.17, 15) is 28.8 Å². The van der Waals surface area contributed by atoms with E-state index in [1.807, 2.05) is 19.4 Å². The minimum Gasteiger partial charge on any atom is -0.481 e. The third-order valence-electron chi connectivity index (χ3n) is 6.19. The van der Waals surface area contributed by atoms with Gasteiger partial charge in [0.1, 0.15) is 15.5 Å². The Morgan fingerprint density at radius 3 is 1.68 bits per heavy atom. The molecular weight excluding hydrogens is 653 g/mol. The molecule has 44 heavy (non-hydrogen) atoms. The van der Waals surface area contributed by atoms with E-state index in [2.05, 4.69) is 12.1 Å². The Labute approximate surface area is 274 Å². The molecule has 248 valence electrons. The molecule has 0 aromatic heterocycles. The second-order valence-corrected chi connectivity index (χ2v) is 15.7. The first-order chi connectivity index (χ1) is 20.4. The predicted octanol–water partition coefficient (Wildman–Crippen LogP) is 4.78. The van der Waals surface area contributed by atoms with Crippen molar-refractivity contribution < 1.29 is 43.8 Å². The molecule has 0 saturated carbocycles. The third-order valence-corrected chi connectivity index (χ3v) is 11.1. The van der Waals surface area contributed by atoms with Crippen LogP contribution in [-0.4, -0.2) is 90.9 Å². The number of hydrogen-bond acceptors (Lipinski definition) is 13. The van der Waals surface area contributed by atoms with Crippen molar-refractivity contribution in [2.24, 2.45) is 5.92 Å². The molecule has 1 rings (SSSR count). The highest BCUT2D eigenvalue weighted by Gasteiger charge is 2.34. The number of likely N-dealkylation sites (N-methyl/N-ethyl adjacent to an activating group) is 1. The van der Waals surface area contributed by atoms with Crippen LogP contribution >= 0.6 is 43.2 Å². The largest absolute Gasteiger partial charge is 0.481 e. The van der Waals surface area contributed by atoms with E-state index in [1.165, 1.54) is 62.0 Å². The highest BCUT2D eigenvalue weighted by Crippen LogP contribution is 2.38. The number of nitriles is 2. The number of nitrogens with zero attached hydrogens (tertiary/aromatic N) is 4. The van der Waals surface area contributed by atoms with Gasteiger partial charge in [-0.05, 0) is 52.5 Å². The van der Waals surface area contributed by atoms with Crippen LogP contribution in [-0.2, 0) is 33.6 Å². The maximum Gasteiger partial charge on any atom is 0.333 e. The van der Waals surface area contributed by atoms with Crippen molar-refractivity contribution in [2.75, 3.05) is 19.6 Å². The monoisotopic (exact) mass is 694 g/mol. The van der Waals surface area contributed by atoms with Gasteiger partial charge in [0.05, 0.1) is 24.5 Å². The third kappa shape index (κ3) is 17.0. The van der Waals surface area contributed by atoms with Crippen molar-refractivity contribution in [3.8, 4) is 12.1 Å². The quantitative estimate of drug-likeness (QED) is 0.175. The number of carbonyl (C=O) groups is 6. The first-order valence-electron chi connectivity index (χ1n) is 13.4. The Morgan fingerprint density at radius 2 is 1.36 bits per heavy atom.